The van der Waals surface area contributed by atoms with Crippen LogP contribution in [0, 0.1) is 11.6 Å². The van der Waals surface area contributed by atoms with E-state index in [4.69, 9.17) is 9.47 Å². The highest BCUT2D eigenvalue weighted by atomic mass is 32.1. The highest BCUT2D eigenvalue weighted by molar-refractivity contribution is 7.94. The molecular formula is C17H15F2N5O2S. The number of halogens is 2. The molecule has 27 heavy (non-hydrogen) atoms. The first-order valence-electron chi connectivity index (χ1n) is 7.63. The third kappa shape index (κ3) is 3.12. The third-order valence-corrected chi connectivity index (χ3v) is 4.02. The Kier molecular flexibility index (Phi) is 5.36. The minimum atomic E-state index is -0.884. The molecule has 0 atom stereocenters. The van der Waals surface area contributed by atoms with Crippen molar-refractivity contribution in [2.75, 3.05) is 21.3 Å². The van der Waals surface area contributed by atoms with Gasteiger partial charge in [-0.3, -0.25) is 9.98 Å². The van der Waals surface area contributed by atoms with Crippen molar-refractivity contribution in [2.24, 2.45) is 9.98 Å². The number of fused-ring (bicyclic) bond motifs is 1. The van der Waals surface area contributed by atoms with Crippen LogP contribution in [0.2, 0.25) is 0 Å². The van der Waals surface area contributed by atoms with E-state index in [-0.39, 0.29) is 28.3 Å². The molecule has 0 bridgehead atoms. The molecule has 140 valence electrons. The number of benzene rings is 1. The smallest absolute Gasteiger partial charge is 0.176 e. The molecule has 3 aromatic rings. The van der Waals surface area contributed by atoms with Gasteiger partial charge >= 0.3 is 0 Å². The summed E-state index contributed by atoms with van der Waals surface area (Å²) in [4.78, 5) is 12.2. The molecule has 0 saturated carbocycles. The van der Waals surface area contributed by atoms with Crippen LogP contribution in [0.4, 0.5) is 8.78 Å². The largest absolute Gasteiger partial charge is 0.494 e. The van der Waals surface area contributed by atoms with Gasteiger partial charge in [0.2, 0.25) is 0 Å². The van der Waals surface area contributed by atoms with Crippen molar-refractivity contribution < 1.29 is 18.3 Å². The molecule has 0 spiro atoms. The highest BCUT2D eigenvalue weighted by Crippen LogP contribution is 2.38. The summed E-state index contributed by atoms with van der Waals surface area (Å²) in [5.74, 6) is -2.09. The van der Waals surface area contributed by atoms with Crippen molar-refractivity contribution in [1.82, 2.24) is 14.6 Å². The quantitative estimate of drug-likeness (QED) is 0.417. The van der Waals surface area contributed by atoms with Crippen LogP contribution in [0.1, 0.15) is 0 Å². The van der Waals surface area contributed by atoms with Crippen molar-refractivity contribution >= 4 is 30.0 Å². The molecule has 10 heteroatoms. The maximum Gasteiger partial charge on any atom is 0.176 e. The molecule has 0 fully saturated rings. The molecule has 0 radical (unpaired) electrons. The van der Waals surface area contributed by atoms with Crippen LogP contribution in [0.15, 0.2) is 28.4 Å². The first-order chi connectivity index (χ1) is 13.1. The lowest BCUT2D eigenvalue weighted by Crippen LogP contribution is -2.33. The van der Waals surface area contributed by atoms with Gasteiger partial charge in [0, 0.05) is 30.1 Å². The van der Waals surface area contributed by atoms with E-state index in [2.05, 4.69) is 32.7 Å². The summed E-state index contributed by atoms with van der Waals surface area (Å²) in [6, 6.07) is 2.66. The van der Waals surface area contributed by atoms with Gasteiger partial charge in [-0.1, -0.05) is 0 Å². The Hall–Kier alpha value is -3.01. The van der Waals surface area contributed by atoms with Crippen LogP contribution in [0.5, 0.6) is 11.5 Å². The van der Waals surface area contributed by atoms with Crippen LogP contribution < -0.4 is 20.2 Å². The van der Waals surface area contributed by atoms with Gasteiger partial charge in [0.15, 0.2) is 34.3 Å². The average molecular weight is 391 g/mol. The molecule has 1 aromatic carbocycles. The highest BCUT2D eigenvalue weighted by Gasteiger charge is 2.24. The van der Waals surface area contributed by atoms with E-state index >= 15 is 0 Å². The van der Waals surface area contributed by atoms with Crippen molar-refractivity contribution in [1.29, 1.82) is 0 Å². The van der Waals surface area contributed by atoms with Crippen LogP contribution >= 0.6 is 12.6 Å². The van der Waals surface area contributed by atoms with E-state index in [0.29, 0.717) is 10.7 Å². The number of methoxy groups -OCH3 is 2. The number of aromatic nitrogens is 3. The van der Waals surface area contributed by atoms with Gasteiger partial charge in [-0.25, -0.2) is 13.8 Å². The standard InChI is InChI=1S/C17H15F2N5O2S/c1-20-16-9(6-21-8-27)4-10(17-22-7-23-24(16)17)13-14(18)11(25-2)5-12(26-3)15(13)19/h4-8H,1-3H3,(H,21,27)/b9-6-,20-16+. The van der Waals surface area contributed by atoms with E-state index in [1.807, 2.05) is 0 Å². The van der Waals surface area contributed by atoms with Gasteiger partial charge in [0.1, 0.15) is 6.33 Å². The van der Waals surface area contributed by atoms with E-state index in [1.54, 1.807) is 7.05 Å². The molecule has 2 heterocycles. The fraction of sp³-hybridized carbons (Fsp3) is 0.176. The zero-order valence-corrected chi connectivity index (χ0v) is 15.5. The van der Waals surface area contributed by atoms with E-state index in [0.717, 1.165) is 6.07 Å². The molecule has 0 unspecified atom stereocenters. The summed E-state index contributed by atoms with van der Waals surface area (Å²) in [6.45, 7) is 0. The molecule has 7 nitrogen and oxygen atoms in total. The lowest BCUT2D eigenvalue weighted by Gasteiger charge is -2.13. The summed E-state index contributed by atoms with van der Waals surface area (Å²) in [6.07, 6.45) is 2.72. The molecule has 0 saturated heterocycles. The van der Waals surface area contributed by atoms with Gasteiger partial charge in [-0.2, -0.15) is 9.61 Å². The SMILES string of the molecule is C\N=c1/c(=C\N=C\S)cc(-c2c(F)c(OC)cc(OC)c2F)c2ncnn12. The molecule has 0 aliphatic carbocycles. The van der Waals surface area contributed by atoms with Crippen molar-refractivity contribution in [3.63, 3.8) is 0 Å². The number of hydrogen-bond donors (Lipinski definition) is 1. The summed E-state index contributed by atoms with van der Waals surface area (Å²) in [5.41, 5.74) is 1.71. The van der Waals surface area contributed by atoms with Gasteiger partial charge in [0.05, 0.1) is 25.3 Å². The minimum absolute atomic E-state index is 0.146. The monoisotopic (exact) mass is 391 g/mol. The summed E-state index contributed by atoms with van der Waals surface area (Å²) >= 11 is 3.91. The predicted octanol–water partition coefficient (Wildman–Crippen LogP) is 1.64. The third-order valence-electron chi connectivity index (χ3n) is 3.88. The normalized spacial score (nSPS) is 13.1. The van der Waals surface area contributed by atoms with Crippen LogP contribution in [0.25, 0.3) is 23.0 Å². The average Bonchev–Trinajstić information content (AvgIpc) is 3.16. The Bertz CT molecular complexity index is 1130. The first kappa shape index (κ1) is 18.8. The van der Waals surface area contributed by atoms with Crippen molar-refractivity contribution in [3.05, 3.63) is 40.8 Å². The van der Waals surface area contributed by atoms with Gasteiger partial charge in [-0.15, -0.1) is 12.6 Å². The maximum absolute atomic E-state index is 15.0. The number of hydrogen-bond acceptors (Lipinski definition) is 6. The van der Waals surface area contributed by atoms with E-state index < -0.39 is 11.6 Å². The fourth-order valence-electron chi connectivity index (χ4n) is 2.73. The van der Waals surface area contributed by atoms with E-state index in [9.17, 15) is 8.78 Å². The number of pyridine rings is 1. The second-order valence-corrected chi connectivity index (χ2v) is 5.46. The second-order valence-electron chi connectivity index (χ2n) is 5.23. The van der Waals surface area contributed by atoms with Crippen LogP contribution in [-0.2, 0) is 0 Å². The number of ether oxygens (including phenoxy) is 2. The van der Waals surface area contributed by atoms with Gasteiger partial charge < -0.3 is 9.47 Å². The Morgan fingerprint density at radius 2 is 1.81 bits per heavy atom. The molecule has 0 amide bonds. The molecule has 3 rings (SSSR count). The molecular weight excluding hydrogens is 376 g/mol. The van der Waals surface area contributed by atoms with Crippen LogP contribution in [0.3, 0.4) is 0 Å². The Morgan fingerprint density at radius 3 is 2.37 bits per heavy atom. The van der Waals surface area contributed by atoms with Crippen LogP contribution in [-0.4, -0.2) is 41.4 Å². The zero-order chi connectivity index (χ0) is 19.6. The minimum Gasteiger partial charge on any atom is -0.494 e. The number of thiol groups is 1. The zero-order valence-electron chi connectivity index (χ0n) is 14.6. The topological polar surface area (TPSA) is 73.4 Å². The summed E-state index contributed by atoms with van der Waals surface area (Å²) in [5, 5.41) is 4.57. The molecule has 0 aliphatic rings. The van der Waals surface area contributed by atoms with Gasteiger partial charge in [0.25, 0.3) is 0 Å². The molecule has 0 aliphatic heterocycles. The summed E-state index contributed by atoms with van der Waals surface area (Å²) < 4.78 is 41.4. The predicted molar refractivity (Wildman–Crippen MR) is 100 cm³/mol. The van der Waals surface area contributed by atoms with E-state index in [1.165, 1.54) is 42.9 Å². The lowest BCUT2D eigenvalue weighted by atomic mass is 10.0. The Morgan fingerprint density at radius 1 is 1.15 bits per heavy atom. The number of rotatable bonds is 4. The van der Waals surface area contributed by atoms with Gasteiger partial charge in [-0.05, 0) is 6.07 Å². The van der Waals surface area contributed by atoms with Crippen molar-refractivity contribution in [2.45, 2.75) is 0 Å². The Balaban J connectivity index is 2.52. The summed E-state index contributed by atoms with van der Waals surface area (Å²) in [7, 11) is 4.13. The number of nitrogens with zero attached hydrogens (tertiary/aromatic N) is 5. The molecule has 0 N–H and O–H groups in total. The maximum atomic E-state index is 15.0. The fourth-order valence-corrected chi connectivity index (χ4v) is 2.79. The first-order valence-corrected chi connectivity index (χ1v) is 8.15. The molecule has 2 aromatic heterocycles. The second kappa shape index (κ2) is 7.70. The number of aliphatic imine (C=N–C) groups is 1. The lowest BCUT2D eigenvalue weighted by molar-refractivity contribution is 0.360. The Labute approximate surface area is 158 Å². The van der Waals surface area contributed by atoms with Crippen molar-refractivity contribution in [3.8, 4) is 22.6 Å².